The Labute approximate surface area is 133 Å². The second-order valence-electron chi connectivity index (χ2n) is 5.89. The summed E-state index contributed by atoms with van der Waals surface area (Å²) in [6.45, 7) is 0. The van der Waals surface area contributed by atoms with Crippen molar-refractivity contribution in [3.8, 4) is 5.75 Å². The predicted octanol–water partition coefficient (Wildman–Crippen LogP) is 3.92. The Morgan fingerprint density at radius 3 is 2.62 bits per heavy atom. The zero-order valence-electron chi connectivity index (χ0n) is 12.1. The predicted molar refractivity (Wildman–Crippen MR) is 83.4 cm³/mol. The summed E-state index contributed by atoms with van der Waals surface area (Å²) in [5, 5.41) is 19.6. The SMILES string of the molecule is COc1ccc(C(O)CC2(CC(=O)O)CCCC2)cc1Br. The highest BCUT2D eigenvalue weighted by Gasteiger charge is 2.38. The minimum atomic E-state index is -0.778. The van der Waals surface area contributed by atoms with E-state index in [1.807, 2.05) is 12.1 Å². The van der Waals surface area contributed by atoms with Crippen LogP contribution in [0.25, 0.3) is 0 Å². The number of aliphatic carboxylic acids is 1. The van der Waals surface area contributed by atoms with Gasteiger partial charge in [-0.1, -0.05) is 18.9 Å². The molecule has 0 heterocycles. The summed E-state index contributed by atoms with van der Waals surface area (Å²) in [5.74, 6) is -0.0629. The first-order valence-electron chi connectivity index (χ1n) is 7.19. The quantitative estimate of drug-likeness (QED) is 0.810. The maximum atomic E-state index is 11.1. The summed E-state index contributed by atoms with van der Waals surface area (Å²) in [7, 11) is 1.59. The van der Waals surface area contributed by atoms with Crippen LogP contribution in [0.2, 0.25) is 0 Å². The average Bonchev–Trinajstić information content (AvgIpc) is 2.85. The third-order valence-corrected chi connectivity index (χ3v) is 5.00. The van der Waals surface area contributed by atoms with Crippen LogP contribution < -0.4 is 4.74 Å². The van der Waals surface area contributed by atoms with Crippen LogP contribution in [-0.2, 0) is 4.79 Å². The van der Waals surface area contributed by atoms with Crippen molar-refractivity contribution in [1.29, 1.82) is 0 Å². The van der Waals surface area contributed by atoms with Crippen LogP contribution in [0.1, 0.15) is 50.2 Å². The molecule has 0 aliphatic heterocycles. The normalized spacial score (nSPS) is 18.4. The first-order chi connectivity index (χ1) is 9.96. The van der Waals surface area contributed by atoms with Gasteiger partial charge in [-0.05, 0) is 58.3 Å². The molecule has 0 saturated heterocycles. The molecular weight excluding hydrogens is 336 g/mol. The molecule has 4 nitrogen and oxygen atoms in total. The van der Waals surface area contributed by atoms with Crippen molar-refractivity contribution >= 4 is 21.9 Å². The Hall–Kier alpha value is -1.07. The summed E-state index contributed by atoms with van der Waals surface area (Å²) in [6, 6.07) is 5.48. The molecule has 1 aliphatic carbocycles. The van der Waals surface area contributed by atoms with Gasteiger partial charge in [0.05, 0.1) is 24.1 Å². The lowest BCUT2D eigenvalue weighted by molar-refractivity contribution is -0.140. The van der Waals surface area contributed by atoms with Crippen molar-refractivity contribution in [1.82, 2.24) is 0 Å². The largest absolute Gasteiger partial charge is 0.496 e. The van der Waals surface area contributed by atoms with Gasteiger partial charge in [0.25, 0.3) is 0 Å². The maximum absolute atomic E-state index is 11.1. The standard InChI is InChI=1S/C16H21BrO4/c1-21-14-5-4-11(8-12(14)17)13(18)9-16(10-15(19)20)6-2-3-7-16/h4-5,8,13,18H,2-3,6-7,9-10H2,1H3,(H,19,20). The smallest absolute Gasteiger partial charge is 0.303 e. The molecule has 1 unspecified atom stereocenters. The molecule has 1 aromatic carbocycles. The summed E-state index contributed by atoms with van der Waals surface area (Å²) >= 11 is 3.41. The van der Waals surface area contributed by atoms with Crippen LogP contribution in [0.3, 0.4) is 0 Å². The fraction of sp³-hybridized carbons (Fsp3) is 0.562. The molecule has 5 heteroatoms. The van der Waals surface area contributed by atoms with E-state index in [4.69, 9.17) is 9.84 Å². The molecule has 0 spiro atoms. The van der Waals surface area contributed by atoms with Gasteiger partial charge in [-0.2, -0.15) is 0 Å². The monoisotopic (exact) mass is 356 g/mol. The van der Waals surface area contributed by atoms with Crippen molar-refractivity contribution in [3.63, 3.8) is 0 Å². The van der Waals surface area contributed by atoms with E-state index in [2.05, 4.69) is 15.9 Å². The summed E-state index contributed by atoms with van der Waals surface area (Å²) in [5.41, 5.74) is 0.525. The van der Waals surface area contributed by atoms with Crippen molar-refractivity contribution in [2.75, 3.05) is 7.11 Å². The zero-order valence-corrected chi connectivity index (χ0v) is 13.7. The van der Waals surface area contributed by atoms with E-state index in [0.717, 1.165) is 35.7 Å². The molecule has 0 amide bonds. The molecule has 116 valence electrons. The van der Waals surface area contributed by atoms with E-state index in [0.29, 0.717) is 12.2 Å². The Morgan fingerprint density at radius 1 is 1.43 bits per heavy atom. The van der Waals surface area contributed by atoms with Crippen LogP contribution in [0.4, 0.5) is 0 Å². The van der Waals surface area contributed by atoms with Crippen molar-refractivity contribution in [2.45, 2.75) is 44.6 Å². The van der Waals surface area contributed by atoms with Gasteiger partial charge in [-0.15, -0.1) is 0 Å². The first-order valence-corrected chi connectivity index (χ1v) is 7.98. The average molecular weight is 357 g/mol. The number of halogens is 1. The lowest BCUT2D eigenvalue weighted by Crippen LogP contribution is -2.23. The fourth-order valence-corrected chi connectivity index (χ4v) is 3.88. The summed E-state index contributed by atoms with van der Waals surface area (Å²) < 4.78 is 5.97. The Kier molecular flexibility index (Phi) is 5.27. The lowest BCUT2D eigenvalue weighted by atomic mass is 9.76. The molecular formula is C16H21BrO4. The topological polar surface area (TPSA) is 66.8 Å². The van der Waals surface area contributed by atoms with Crippen LogP contribution in [0.5, 0.6) is 5.75 Å². The molecule has 21 heavy (non-hydrogen) atoms. The maximum Gasteiger partial charge on any atom is 0.303 e. The minimum Gasteiger partial charge on any atom is -0.496 e. The number of aliphatic hydroxyl groups is 1. The molecule has 0 radical (unpaired) electrons. The van der Waals surface area contributed by atoms with E-state index in [9.17, 15) is 9.90 Å². The molecule has 1 aliphatic rings. The molecule has 2 rings (SSSR count). The molecule has 1 aromatic rings. The molecule has 1 fully saturated rings. The van der Waals surface area contributed by atoms with Crippen LogP contribution >= 0.6 is 15.9 Å². The molecule has 0 aromatic heterocycles. The number of carboxylic acid groups (broad SMARTS) is 1. The van der Waals surface area contributed by atoms with E-state index >= 15 is 0 Å². The number of hydrogen-bond donors (Lipinski definition) is 2. The summed E-state index contributed by atoms with van der Waals surface area (Å²) in [6.07, 6.45) is 3.85. The van der Waals surface area contributed by atoms with Gasteiger partial charge in [-0.25, -0.2) is 0 Å². The van der Waals surface area contributed by atoms with E-state index in [1.54, 1.807) is 13.2 Å². The Balaban J connectivity index is 2.13. The van der Waals surface area contributed by atoms with Crippen molar-refractivity contribution < 1.29 is 19.7 Å². The Bertz CT molecular complexity index is 509. The second-order valence-corrected chi connectivity index (χ2v) is 6.75. The van der Waals surface area contributed by atoms with Crippen LogP contribution in [0.15, 0.2) is 22.7 Å². The highest BCUT2D eigenvalue weighted by atomic mass is 79.9. The first kappa shape index (κ1) is 16.3. The minimum absolute atomic E-state index is 0.140. The molecule has 1 saturated carbocycles. The number of carboxylic acids is 1. The van der Waals surface area contributed by atoms with Gasteiger partial charge in [0.2, 0.25) is 0 Å². The van der Waals surface area contributed by atoms with E-state index in [-0.39, 0.29) is 11.8 Å². The molecule has 1 atom stereocenters. The zero-order chi connectivity index (χ0) is 15.5. The van der Waals surface area contributed by atoms with E-state index < -0.39 is 12.1 Å². The number of carbonyl (C=O) groups is 1. The third-order valence-electron chi connectivity index (χ3n) is 4.38. The van der Waals surface area contributed by atoms with Gasteiger partial charge in [-0.3, -0.25) is 4.79 Å². The van der Waals surface area contributed by atoms with Gasteiger partial charge >= 0.3 is 5.97 Å². The number of aliphatic hydroxyl groups excluding tert-OH is 1. The number of hydrogen-bond acceptors (Lipinski definition) is 3. The molecule has 0 bridgehead atoms. The van der Waals surface area contributed by atoms with Gasteiger partial charge in [0.1, 0.15) is 5.75 Å². The highest BCUT2D eigenvalue weighted by molar-refractivity contribution is 9.10. The third kappa shape index (κ3) is 3.98. The van der Waals surface area contributed by atoms with Crippen molar-refractivity contribution in [3.05, 3.63) is 28.2 Å². The van der Waals surface area contributed by atoms with Crippen LogP contribution in [0, 0.1) is 5.41 Å². The number of benzene rings is 1. The van der Waals surface area contributed by atoms with Gasteiger partial charge in [0, 0.05) is 0 Å². The van der Waals surface area contributed by atoms with Gasteiger partial charge in [0.15, 0.2) is 0 Å². The molecule has 2 N–H and O–H groups in total. The van der Waals surface area contributed by atoms with Crippen LogP contribution in [-0.4, -0.2) is 23.3 Å². The number of ether oxygens (including phenoxy) is 1. The number of methoxy groups -OCH3 is 1. The summed E-state index contributed by atoms with van der Waals surface area (Å²) in [4.78, 5) is 11.1. The number of rotatable bonds is 6. The van der Waals surface area contributed by atoms with Crippen molar-refractivity contribution in [2.24, 2.45) is 5.41 Å². The second kappa shape index (κ2) is 6.79. The fourth-order valence-electron chi connectivity index (χ4n) is 3.32. The highest BCUT2D eigenvalue weighted by Crippen LogP contribution is 2.47. The van der Waals surface area contributed by atoms with E-state index in [1.165, 1.54) is 0 Å². The van der Waals surface area contributed by atoms with Gasteiger partial charge < -0.3 is 14.9 Å². The lowest BCUT2D eigenvalue weighted by Gasteiger charge is -2.30. The Morgan fingerprint density at radius 2 is 2.10 bits per heavy atom.